The summed E-state index contributed by atoms with van der Waals surface area (Å²) in [5.41, 5.74) is 3.28. The fourth-order valence-corrected chi connectivity index (χ4v) is 6.15. The Labute approximate surface area is 228 Å². The summed E-state index contributed by atoms with van der Waals surface area (Å²) in [5.74, 6) is -0.529. The van der Waals surface area contributed by atoms with Gasteiger partial charge < -0.3 is 24.4 Å². The molecule has 1 aliphatic carbocycles. The van der Waals surface area contributed by atoms with E-state index in [2.05, 4.69) is 18.8 Å². The third-order valence-corrected chi connectivity index (χ3v) is 7.92. The van der Waals surface area contributed by atoms with Crippen molar-refractivity contribution in [1.82, 2.24) is 4.98 Å². The van der Waals surface area contributed by atoms with E-state index >= 15 is 0 Å². The molecular formula is C31H35NO7. The number of carbonyl (C=O) groups is 2. The fourth-order valence-electron chi connectivity index (χ4n) is 6.15. The molecule has 2 unspecified atom stereocenters. The highest BCUT2D eigenvalue weighted by atomic mass is 16.7. The van der Waals surface area contributed by atoms with Gasteiger partial charge in [0.15, 0.2) is 11.5 Å². The van der Waals surface area contributed by atoms with Gasteiger partial charge in [-0.25, -0.2) is 9.78 Å². The number of carboxylic acid groups (broad SMARTS) is 1. The van der Waals surface area contributed by atoms with E-state index in [1.165, 1.54) is 0 Å². The van der Waals surface area contributed by atoms with E-state index in [1.54, 1.807) is 32.2 Å². The van der Waals surface area contributed by atoms with Gasteiger partial charge in [-0.05, 0) is 68.9 Å². The second-order valence-electron chi connectivity index (χ2n) is 12.2. The number of aliphatic hydroxyl groups is 1. The number of carbonyl (C=O) groups excluding carboxylic acids is 1. The molecule has 2 N–H and O–H groups in total. The molecule has 1 aromatic carbocycles. The Hall–Kier alpha value is -3.65. The van der Waals surface area contributed by atoms with E-state index < -0.39 is 23.6 Å². The molecule has 1 aromatic heterocycles. The van der Waals surface area contributed by atoms with Crippen LogP contribution in [0.2, 0.25) is 0 Å². The number of Topliss-reactive ketones (excluding diaryl/α,β-unsaturated/α-hetero) is 1. The minimum absolute atomic E-state index is 0.0200. The Morgan fingerprint density at radius 1 is 1.10 bits per heavy atom. The minimum atomic E-state index is -1.10. The Morgan fingerprint density at radius 3 is 2.49 bits per heavy atom. The molecule has 3 heterocycles. The molecular weight excluding hydrogens is 498 g/mol. The molecule has 0 fully saturated rings. The summed E-state index contributed by atoms with van der Waals surface area (Å²) in [4.78, 5) is 30.0. The summed E-state index contributed by atoms with van der Waals surface area (Å²) in [6.07, 6.45) is 0.414. The number of aromatic nitrogens is 1. The van der Waals surface area contributed by atoms with Gasteiger partial charge in [-0.15, -0.1) is 0 Å². The minimum Gasteiger partial charge on any atom is -0.496 e. The number of pyridine rings is 1. The predicted molar refractivity (Wildman–Crippen MR) is 144 cm³/mol. The molecule has 2 aromatic rings. The molecule has 0 saturated carbocycles. The first-order chi connectivity index (χ1) is 18.2. The van der Waals surface area contributed by atoms with Crippen LogP contribution in [0.1, 0.15) is 80.1 Å². The number of rotatable bonds is 4. The molecule has 206 valence electrons. The maximum absolute atomic E-state index is 13.7. The van der Waals surface area contributed by atoms with Gasteiger partial charge in [-0.3, -0.25) is 4.79 Å². The molecule has 2 aliphatic heterocycles. The van der Waals surface area contributed by atoms with Gasteiger partial charge in [-0.1, -0.05) is 19.9 Å². The van der Waals surface area contributed by atoms with Crippen molar-refractivity contribution in [2.75, 3.05) is 7.11 Å². The van der Waals surface area contributed by atoms with Crippen molar-refractivity contribution in [3.05, 3.63) is 69.5 Å². The molecule has 8 heteroatoms. The Balaban J connectivity index is 1.78. The van der Waals surface area contributed by atoms with Gasteiger partial charge in [0.05, 0.1) is 36.8 Å². The third kappa shape index (κ3) is 4.61. The van der Waals surface area contributed by atoms with E-state index in [0.717, 1.165) is 5.56 Å². The van der Waals surface area contributed by atoms with Crippen LogP contribution in [-0.4, -0.2) is 45.8 Å². The van der Waals surface area contributed by atoms with Crippen LogP contribution >= 0.6 is 0 Å². The average Bonchev–Trinajstić information content (AvgIpc) is 2.81. The quantitative estimate of drug-likeness (QED) is 0.522. The molecule has 2 atom stereocenters. The maximum atomic E-state index is 13.7. The number of aryl methyl sites for hydroxylation is 1. The zero-order valence-corrected chi connectivity index (χ0v) is 23.5. The number of nitrogens with zero attached hydrogens (tertiary/aromatic N) is 1. The number of allylic oxidation sites excluding steroid dienone is 2. The topological polar surface area (TPSA) is 115 Å². The lowest BCUT2D eigenvalue weighted by atomic mass is 9.67. The van der Waals surface area contributed by atoms with Gasteiger partial charge in [0.2, 0.25) is 0 Å². The SMILES string of the molecule is COc1ccc(-c2ccc(C)c(C(=O)O)n2)c(C)c1C1C2=C(OC3=C1C(O)CC(C)(C)C3)OC(C)(C)CC2=O. The van der Waals surface area contributed by atoms with E-state index in [-0.39, 0.29) is 29.3 Å². The summed E-state index contributed by atoms with van der Waals surface area (Å²) >= 11 is 0. The van der Waals surface area contributed by atoms with Gasteiger partial charge in [0.1, 0.15) is 17.1 Å². The summed E-state index contributed by atoms with van der Waals surface area (Å²) in [5, 5.41) is 21.1. The summed E-state index contributed by atoms with van der Waals surface area (Å²) < 4.78 is 18.3. The van der Waals surface area contributed by atoms with Crippen LogP contribution in [0.25, 0.3) is 11.3 Å². The van der Waals surface area contributed by atoms with Crippen LogP contribution in [0.4, 0.5) is 0 Å². The Kier molecular flexibility index (Phi) is 6.37. The van der Waals surface area contributed by atoms with Crippen LogP contribution in [0, 0.1) is 19.3 Å². The summed E-state index contributed by atoms with van der Waals surface area (Å²) in [6, 6.07) is 7.16. The molecule has 8 nitrogen and oxygen atoms in total. The lowest BCUT2D eigenvalue weighted by Crippen LogP contribution is -2.42. The van der Waals surface area contributed by atoms with Gasteiger partial charge in [0.25, 0.3) is 5.95 Å². The normalized spacial score (nSPS) is 23.4. The molecule has 0 amide bonds. The predicted octanol–water partition coefficient (Wildman–Crippen LogP) is 5.60. The van der Waals surface area contributed by atoms with Crippen LogP contribution in [-0.2, 0) is 14.3 Å². The van der Waals surface area contributed by atoms with Crippen molar-refractivity contribution in [2.24, 2.45) is 5.41 Å². The molecule has 0 spiro atoms. The maximum Gasteiger partial charge on any atom is 0.354 e. The van der Waals surface area contributed by atoms with Crippen molar-refractivity contribution in [3.63, 3.8) is 0 Å². The van der Waals surface area contributed by atoms with Crippen molar-refractivity contribution in [3.8, 4) is 17.0 Å². The van der Waals surface area contributed by atoms with Crippen molar-refractivity contribution < 1.29 is 34.0 Å². The van der Waals surface area contributed by atoms with Crippen LogP contribution in [0.3, 0.4) is 0 Å². The smallest absolute Gasteiger partial charge is 0.354 e. The molecule has 3 aliphatic rings. The number of aromatic carboxylic acids is 1. The number of hydrogen-bond donors (Lipinski definition) is 2. The van der Waals surface area contributed by atoms with E-state index in [0.29, 0.717) is 57.9 Å². The first-order valence-corrected chi connectivity index (χ1v) is 13.2. The number of methoxy groups -OCH3 is 1. The number of hydrogen-bond acceptors (Lipinski definition) is 7. The number of aliphatic hydroxyl groups excluding tert-OH is 1. The van der Waals surface area contributed by atoms with Crippen molar-refractivity contribution in [1.29, 1.82) is 0 Å². The summed E-state index contributed by atoms with van der Waals surface area (Å²) in [7, 11) is 1.57. The monoisotopic (exact) mass is 533 g/mol. The highest BCUT2D eigenvalue weighted by molar-refractivity contribution is 6.00. The number of benzene rings is 1. The third-order valence-electron chi connectivity index (χ3n) is 7.92. The lowest BCUT2D eigenvalue weighted by Gasteiger charge is -2.45. The van der Waals surface area contributed by atoms with Crippen molar-refractivity contribution in [2.45, 2.75) is 78.4 Å². The van der Waals surface area contributed by atoms with E-state index in [9.17, 15) is 19.8 Å². The zero-order chi connectivity index (χ0) is 28.4. The number of ether oxygens (including phenoxy) is 3. The first kappa shape index (κ1) is 26.9. The van der Waals surface area contributed by atoms with Gasteiger partial charge in [-0.2, -0.15) is 0 Å². The molecule has 39 heavy (non-hydrogen) atoms. The van der Waals surface area contributed by atoms with Gasteiger partial charge >= 0.3 is 5.97 Å². The molecule has 0 bridgehead atoms. The zero-order valence-electron chi connectivity index (χ0n) is 23.5. The Bertz CT molecular complexity index is 1460. The van der Waals surface area contributed by atoms with Crippen LogP contribution in [0.5, 0.6) is 5.75 Å². The summed E-state index contributed by atoms with van der Waals surface area (Å²) in [6.45, 7) is 11.5. The number of carboxylic acids is 1. The van der Waals surface area contributed by atoms with Crippen LogP contribution in [0.15, 0.2) is 47.1 Å². The molecule has 5 rings (SSSR count). The highest BCUT2D eigenvalue weighted by Crippen LogP contribution is 2.55. The Morgan fingerprint density at radius 2 is 1.82 bits per heavy atom. The first-order valence-electron chi connectivity index (χ1n) is 13.2. The highest BCUT2D eigenvalue weighted by Gasteiger charge is 2.50. The standard InChI is InChI=1S/C31H35NO7/c1-15-8-10-18(32-27(15)28(35)36)17-9-11-21(37-7)23(16(17)2)26-24-19(33)12-30(3,4)14-22(24)38-29-25(26)20(34)13-31(5,6)39-29/h8-11,19,26,33H,12-14H2,1-7H3,(H,35,36). The van der Waals surface area contributed by atoms with Crippen LogP contribution < -0.4 is 4.74 Å². The second kappa shape index (κ2) is 9.23. The van der Waals surface area contributed by atoms with E-state index in [1.807, 2.05) is 26.8 Å². The largest absolute Gasteiger partial charge is 0.496 e. The average molecular weight is 534 g/mol. The molecule has 0 radical (unpaired) electrons. The van der Waals surface area contributed by atoms with Crippen molar-refractivity contribution >= 4 is 11.8 Å². The second-order valence-corrected chi connectivity index (χ2v) is 12.2. The number of ketones is 1. The van der Waals surface area contributed by atoms with E-state index in [4.69, 9.17) is 14.2 Å². The van der Waals surface area contributed by atoms with Gasteiger partial charge in [0, 0.05) is 23.1 Å². The fraction of sp³-hybridized carbons (Fsp3) is 0.452. The molecule has 0 saturated heterocycles. The lowest BCUT2D eigenvalue weighted by molar-refractivity contribution is -0.130.